The van der Waals surface area contributed by atoms with E-state index in [1.807, 2.05) is 0 Å². The van der Waals surface area contributed by atoms with Crippen LogP contribution in [0.1, 0.15) is 10.6 Å². The number of hydrogen-bond acceptors (Lipinski definition) is 2. The molecule has 0 aliphatic heterocycles. The Balaban J connectivity index is 2.93. The lowest BCUT2D eigenvalue weighted by Crippen LogP contribution is -2.07. The number of Topliss-reactive ketones (excluding diaryl/α,β-unsaturated/α-hetero) is 1. The molecular weight excluding hydrogens is 152 g/mol. The highest BCUT2D eigenvalue weighted by Crippen LogP contribution is 1.96. The molecule has 0 aliphatic rings. The van der Waals surface area contributed by atoms with Crippen molar-refractivity contribution in [2.45, 2.75) is 0 Å². The van der Waals surface area contributed by atoms with E-state index in [9.17, 15) is 4.79 Å². The molecule has 0 radical (unpaired) electrons. The molecule has 54 valence electrons. The standard InChI is InChI=1S/C6H7ClN2O/c1-9-3-2-8-6(9)5(10)4-7/h2-3H,4H2,1H3. The molecule has 0 saturated carbocycles. The number of hydrogen-bond donors (Lipinski definition) is 0. The van der Waals surface area contributed by atoms with Gasteiger partial charge in [0.05, 0.1) is 5.88 Å². The minimum atomic E-state index is -0.144. The second-order valence-electron chi connectivity index (χ2n) is 1.92. The number of imidazole rings is 1. The first-order chi connectivity index (χ1) is 4.75. The summed E-state index contributed by atoms with van der Waals surface area (Å²) in [7, 11) is 1.76. The average molecular weight is 159 g/mol. The molecule has 0 saturated heterocycles. The van der Waals surface area contributed by atoms with E-state index in [1.54, 1.807) is 24.0 Å². The van der Waals surface area contributed by atoms with E-state index in [1.165, 1.54) is 0 Å². The first-order valence-electron chi connectivity index (χ1n) is 2.82. The molecule has 0 bridgehead atoms. The van der Waals surface area contributed by atoms with Crippen molar-refractivity contribution in [1.82, 2.24) is 9.55 Å². The zero-order valence-corrected chi connectivity index (χ0v) is 6.30. The third kappa shape index (κ3) is 1.19. The van der Waals surface area contributed by atoms with Gasteiger partial charge in [0.15, 0.2) is 5.82 Å². The Bertz CT molecular complexity index is 244. The highest BCUT2D eigenvalue weighted by atomic mass is 35.5. The third-order valence-corrected chi connectivity index (χ3v) is 1.43. The van der Waals surface area contributed by atoms with E-state index in [2.05, 4.69) is 4.98 Å². The van der Waals surface area contributed by atoms with Crippen LogP contribution in [0, 0.1) is 0 Å². The monoisotopic (exact) mass is 158 g/mol. The van der Waals surface area contributed by atoms with Gasteiger partial charge in [0, 0.05) is 19.4 Å². The Morgan fingerprint density at radius 3 is 3.00 bits per heavy atom. The quantitative estimate of drug-likeness (QED) is 0.472. The molecule has 0 amide bonds. The van der Waals surface area contributed by atoms with Crippen LogP contribution in [-0.4, -0.2) is 21.2 Å². The lowest BCUT2D eigenvalue weighted by Gasteiger charge is -1.94. The molecule has 0 atom stereocenters. The van der Waals surface area contributed by atoms with Crippen molar-refractivity contribution >= 4 is 17.4 Å². The predicted molar refractivity (Wildman–Crippen MR) is 38.3 cm³/mol. The van der Waals surface area contributed by atoms with Crippen molar-refractivity contribution in [2.24, 2.45) is 7.05 Å². The summed E-state index contributed by atoms with van der Waals surface area (Å²) in [4.78, 5) is 14.7. The van der Waals surface area contributed by atoms with E-state index >= 15 is 0 Å². The van der Waals surface area contributed by atoms with Gasteiger partial charge in [-0.25, -0.2) is 4.98 Å². The number of ketones is 1. The number of aryl methyl sites for hydroxylation is 1. The maximum atomic E-state index is 10.9. The number of carbonyl (C=O) groups is 1. The van der Waals surface area contributed by atoms with Gasteiger partial charge in [-0.05, 0) is 0 Å². The lowest BCUT2D eigenvalue weighted by molar-refractivity contribution is 0.100. The molecule has 1 rings (SSSR count). The summed E-state index contributed by atoms with van der Waals surface area (Å²) >= 11 is 5.31. The highest BCUT2D eigenvalue weighted by molar-refractivity contribution is 6.29. The molecule has 0 aliphatic carbocycles. The molecule has 3 nitrogen and oxygen atoms in total. The topological polar surface area (TPSA) is 34.9 Å². The molecule has 0 spiro atoms. The van der Waals surface area contributed by atoms with Crippen LogP contribution in [0.5, 0.6) is 0 Å². The van der Waals surface area contributed by atoms with E-state index < -0.39 is 0 Å². The zero-order valence-electron chi connectivity index (χ0n) is 5.54. The summed E-state index contributed by atoms with van der Waals surface area (Å²) in [5.74, 6) is 0.259. The smallest absolute Gasteiger partial charge is 0.212 e. The van der Waals surface area contributed by atoms with Crippen LogP contribution in [0.4, 0.5) is 0 Å². The van der Waals surface area contributed by atoms with Gasteiger partial charge in [0.2, 0.25) is 5.78 Å². The average Bonchev–Trinajstić information content (AvgIpc) is 2.34. The van der Waals surface area contributed by atoms with Crippen LogP contribution in [0.3, 0.4) is 0 Å². The SMILES string of the molecule is Cn1ccnc1C(=O)CCl. The van der Waals surface area contributed by atoms with Crippen LogP contribution in [-0.2, 0) is 7.05 Å². The normalized spacial score (nSPS) is 9.80. The van der Waals surface area contributed by atoms with Crippen LogP contribution in [0.25, 0.3) is 0 Å². The Morgan fingerprint density at radius 1 is 1.90 bits per heavy atom. The van der Waals surface area contributed by atoms with Crippen molar-refractivity contribution in [3.05, 3.63) is 18.2 Å². The van der Waals surface area contributed by atoms with Crippen molar-refractivity contribution < 1.29 is 4.79 Å². The second-order valence-corrected chi connectivity index (χ2v) is 2.19. The summed E-state index contributed by atoms with van der Waals surface area (Å²) in [6.45, 7) is 0. The molecular formula is C6H7ClN2O. The van der Waals surface area contributed by atoms with Crippen LogP contribution >= 0.6 is 11.6 Å². The first-order valence-corrected chi connectivity index (χ1v) is 3.35. The first kappa shape index (κ1) is 7.28. The molecule has 1 aromatic rings. The molecule has 1 aromatic heterocycles. The Morgan fingerprint density at radius 2 is 2.60 bits per heavy atom. The van der Waals surface area contributed by atoms with Gasteiger partial charge in [0.1, 0.15) is 0 Å². The third-order valence-electron chi connectivity index (χ3n) is 1.19. The van der Waals surface area contributed by atoms with Gasteiger partial charge in [-0.3, -0.25) is 4.79 Å². The van der Waals surface area contributed by atoms with Crippen LogP contribution < -0.4 is 0 Å². The number of nitrogens with zero attached hydrogens (tertiary/aromatic N) is 2. The maximum Gasteiger partial charge on any atom is 0.212 e. The summed E-state index contributed by atoms with van der Waals surface area (Å²) in [5, 5.41) is 0. The highest BCUT2D eigenvalue weighted by Gasteiger charge is 2.07. The van der Waals surface area contributed by atoms with Gasteiger partial charge in [-0.1, -0.05) is 0 Å². The molecule has 0 fully saturated rings. The zero-order chi connectivity index (χ0) is 7.56. The fourth-order valence-corrected chi connectivity index (χ4v) is 0.814. The molecule has 1 heterocycles. The molecule has 0 aromatic carbocycles. The summed E-state index contributed by atoms with van der Waals surface area (Å²) in [6, 6.07) is 0. The van der Waals surface area contributed by atoms with Crippen molar-refractivity contribution in [1.29, 1.82) is 0 Å². The van der Waals surface area contributed by atoms with E-state index in [0.29, 0.717) is 5.82 Å². The summed E-state index contributed by atoms with van der Waals surface area (Å²) in [5.41, 5.74) is 0. The molecule has 0 unspecified atom stereocenters. The van der Waals surface area contributed by atoms with Crippen molar-refractivity contribution in [2.75, 3.05) is 5.88 Å². The number of halogens is 1. The fourth-order valence-electron chi connectivity index (χ4n) is 0.694. The lowest BCUT2D eigenvalue weighted by atomic mass is 10.4. The van der Waals surface area contributed by atoms with Crippen molar-refractivity contribution in [3.8, 4) is 0 Å². The fraction of sp³-hybridized carbons (Fsp3) is 0.333. The Labute approximate surface area is 63.6 Å². The molecule has 10 heavy (non-hydrogen) atoms. The Hall–Kier alpha value is -0.830. The van der Waals surface area contributed by atoms with Gasteiger partial charge in [-0.2, -0.15) is 0 Å². The molecule has 4 heteroatoms. The van der Waals surface area contributed by atoms with Gasteiger partial charge >= 0.3 is 0 Å². The number of rotatable bonds is 2. The van der Waals surface area contributed by atoms with Gasteiger partial charge in [0.25, 0.3) is 0 Å². The van der Waals surface area contributed by atoms with Crippen LogP contribution in [0.2, 0.25) is 0 Å². The molecule has 0 N–H and O–H groups in total. The summed E-state index contributed by atoms with van der Waals surface area (Å²) < 4.78 is 1.64. The predicted octanol–water partition coefficient (Wildman–Crippen LogP) is 0.842. The second kappa shape index (κ2) is 2.84. The van der Waals surface area contributed by atoms with Gasteiger partial charge in [-0.15, -0.1) is 11.6 Å². The van der Waals surface area contributed by atoms with Crippen LogP contribution in [0.15, 0.2) is 12.4 Å². The van der Waals surface area contributed by atoms with E-state index in [0.717, 1.165) is 0 Å². The van der Waals surface area contributed by atoms with Gasteiger partial charge < -0.3 is 4.57 Å². The number of aromatic nitrogens is 2. The number of alkyl halides is 1. The van der Waals surface area contributed by atoms with Crippen molar-refractivity contribution in [3.63, 3.8) is 0 Å². The minimum absolute atomic E-state index is 0.00907. The largest absolute Gasteiger partial charge is 0.332 e. The van der Waals surface area contributed by atoms with E-state index in [-0.39, 0.29) is 11.7 Å². The Kier molecular flexibility index (Phi) is 2.06. The minimum Gasteiger partial charge on any atom is -0.332 e. The number of carbonyl (C=O) groups excluding carboxylic acids is 1. The van der Waals surface area contributed by atoms with E-state index in [4.69, 9.17) is 11.6 Å². The maximum absolute atomic E-state index is 10.9. The summed E-state index contributed by atoms with van der Waals surface area (Å²) in [6.07, 6.45) is 3.28.